The van der Waals surface area contributed by atoms with Crippen molar-refractivity contribution < 1.29 is 4.52 Å². The van der Waals surface area contributed by atoms with Crippen LogP contribution in [0.1, 0.15) is 19.2 Å². The molecule has 0 aliphatic rings. The third kappa shape index (κ3) is 2.73. The molecule has 1 atom stereocenters. The van der Waals surface area contributed by atoms with E-state index in [-0.39, 0.29) is 5.92 Å². The first-order valence-corrected chi connectivity index (χ1v) is 4.50. The Labute approximate surface area is 83.3 Å². The first-order chi connectivity index (χ1) is 6.63. The summed E-state index contributed by atoms with van der Waals surface area (Å²) in [5, 5.41) is 12.3. The molecule has 0 N–H and O–H groups in total. The summed E-state index contributed by atoms with van der Waals surface area (Å²) in [5.41, 5.74) is 0. The van der Waals surface area contributed by atoms with Gasteiger partial charge < -0.3 is 9.42 Å². The molecule has 0 radical (unpaired) electrons. The van der Waals surface area contributed by atoms with Gasteiger partial charge in [0, 0.05) is 26.9 Å². The van der Waals surface area contributed by atoms with E-state index in [1.54, 1.807) is 4.90 Å². The van der Waals surface area contributed by atoms with E-state index in [4.69, 9.17) is 9.78 Å². The van der Waals surface area contributed by atoms with Gasteiger partial charge in [-0.1, -0.05) is 6.92 Å². The van der Waals surface area contributed by atoms with Crippen molar-refractivity contribution >= 4 is 5.95 Å². The van der Waals surface area contributed by atoms with Crippen molar-refractivity contribution in [1.82, 2.24) is 10.1 Å². The molecule has 0 spiro atoms. The predicted molar refractivity (Wildman–Crippen MR) is 51.7 cm³/mol. The zero-order valence-corrected chi connectivity index (χ0v) is 8.69. The highest BCUT2D eigenvalue weighted by atomic mass is 16.5. The lowest BCUT2D eigenvalue weighted by atomic mass is 10.1. The van der Waals surface area contributed by atoms with Crippen molar-refractivity contribution in [3.63, 3.8) is 0 Å². The lowest BCUT2D eigenvalue weighted by molar-refractivity contribution is 0.358. The van der Waals surface area contributed by atoms with Gasteiger partial charge in [0.05, 0.1) is 6.07 Å². The van der Waals surface area contributed by atoms with E-state index in [1.807, 2.05) is 21.0 Å². The number of hydrogen-bond donors (Lipinski definition) is 0. The van der Waals surface area contributed by atoms with Crippen LogP contribution >= 0.6 is 0 Å². The van der Waals surface area contributed by atoms with Gasteiger partial charge in [-0.3, -0.25) is 0 Å². The smallest absolute Gasteiger partial charge is 0.265 e. The fraction of sp³-hybridized carbons (Fsp3) is 0.667. The van der Waals surface area contributed by atoms with Gasteiger partial charge in [0.1, 0.15) is 0 Å². The first-order valence-electron chi connectivity index (χ1n) is 4.50. The molecule has 1 rings (SSSR count). The highest BCUT2D eigenvalue weighted by Gasteiger charge is 2.11. The van der Waals surface area contributed by atoms with E-state index in [0.717, 1.165) is 0 Å². The SMILES string of the molecule is CC(CC#N)Cc1nc(N(C)C)no1. The Morgan fingerprint density at radius 3 is 2.79 bits per heavy atom. The summed E-state index contributed by atoms with van der Waals surface area (Å²) in [6.07, 6.45) is 1.17. The van der Waals surface area contributed by atoms with Crippen LogP contribution in [-0.4, -0.2) is 24.2 Å². The lowest BCUT2D eigenvalue weighted by Crippen LogP contribution is -2.10. The van der Waals surface area contributed by atoms with E-state index in [2.05, 4.69) is 16.2 Å². The van der Waals surface area contributed by atoms with Crippen LogP contribution in [0.15, 0.2) is 4.52 Å². The van der Waals surface area contributed by atoms with E-state index in [9.17, 15) is 0 Å². The van der Waals surface area contributed by atoms with Gasteiger partial charge in [0.2, 0.25) is 5.89 Å². The molecule has 0 fully saturated rings. The molecule has 1 aromatic rings. The zero-order chi connectivity index (χ0) is 10.6. The summed E-state index contributed by atoms with van der Waals surface area (Å²) >= 11 is 0. The monoisotopic (exact) mass is 194 g/mol. The summed E-state index contributed by atoms with van der Waals surface area (Å²) < 4.78 is 5.03. The van der Waals surface area contributed by atoms with Crippen molar-refractivity contribution in [3.05, 3.63) is 5.89 Å². The predicted octanol–water partition coefficient (Wildman–Crippen LogP) is 1.23. The highest BCUT2D eigenvalue weighted by molar-refractivity contribution is 5.23. The Kier molecular flexibility index (Phi) is 3.46. The third-order valence-corrected chi connectivity index (χ3v) is 1.82. The average Bonchev–Trinajstić information content (AvgIpc) is 2.53. The van der Waals surface area contributed by atoms with Crippen molar-refractivity contribution in [1.29, 1.82) is 5.26 Å². The van der Waals surface area contributed by atoms with E-state index >= 15 is 0 Å². The highest BCUT2D eigenvalue weighted by Crippen LogP contribution is 2.12. The lowest BCUT2D eigenvalue weighted by Gasteiger charge is -2.03. The fourth-order valence-corrected chi connectivity index (χ4v) is 1.04. The molecule has 76 valence electrons. The third-order valence-electron chi connectivity index (χ3n) is 1.82. The second-order valence-electron chi connectivity index (χ2n) is 3.55. The van der Waals surface area contributed by atoms with E-state index in [1.165, 1.54) is 0 Å². The van der Waals surface area contributed by atoms with Gasteiger partial charge in [-0.05, 0) is 11.1 Å². The fourth-order valence-electron chi connectivity index (χ4n) is 1.04. The second kappa shape index (κ2) is 4.61. The number of hydrogen-bond acceptors (Lipinski definition) is 5. The molecular formula is C9H14N4O. The van der Waals surface area contributed by atoms with Crippen LogP contribution in [0.2, 0.25) is 0 Å². The standard InChI is InChI=1S/C9H14N4O/c1-7(4-5-10)6-8-11-9(12-14-8)13(2)3/h7H,4,6H2,1-3H3. The molecule has 0 saturated carbocycles. The van der Waals surface area contributed by atoms with Gasteiger partial charge in [-0.15, -0.1) is 0 Å². The Balaban J connectivity index is 2.56. The molecule has 14 heavy (non-hydrogen) atoms. The number of anilines is 1. The van der Waals surface area contributed by atoms with Gasteiger partial charge in [0.25, 0.3) is 5.95 Å². The molecule has 5 heteroatoms. The minimum absolute atomic E-state index is 0.260. The van der Waals surface area contributed by atoms with Crippen LogP contribution in [-0.2, 0) is 6.42 Å². The van der Waals surface area contributed by atoms with Gasteiger partial charge in [0.15, 0.2) is 0 Å². The minimum Gasteiger partial charge on any atom is -0.344 e. The summed E-state index contributed by atoms with van der Waals surface area (Å²) in [5.74, 6) is 1.43. The molecule has 1 aromatic heterocycles. The Morgan fingerprint density at radius 2 is 2.29 bits per heavy atom. The number of nitriles is 1. The molecular weight excluding hydrogens is 180 g/mol. The summed E-state index contributed by atoms with van der Waals surface area (Å²) in [6.45, 7) is 1.99. The molecule has 0 saturated heterocycles. The van der Waals surface area contributed by atoms with Crippen LogP contribution in [0.4, 0.5) is 5.95 Å². The van der Waals surface area contributed by atoms with Gasteiger partial charge >= 0.3 is 0 Å². The number of rotatable bonds is 4. The molecule has 1 heterocycles. The molecule has 0 bridgehead atoms. The molecule has 5 nitrogen and oxygen atoms in total. The maximum absolute atomic E-state index is 8.48. The Bertz CT molecular complexity index is 326. The van der Waals surface area contributed by atoms with Crippen molar-refractivity contribution in [2.24, 2.45) is 5.92 Å². The van der Waals surface area contributed by atoms with Crippen LogP contribution < -0.4 is 4.90 Å². The maximum Gasteiger partial charge on any atom is 0.265 e. The number of nitrogens with zero attached hydrogens (tertiary/aromatic N) is 4. The zero-order valence-electron chi connectivity index (χ0n) is 8.69. The molecule has 0 amide bonds. The van der Waals surface area contributed by atoms with Crippen molar-refractivity contribution in [2.45, 2.75) is 19.8 Å². The quantitative estimate of drug-likeness (QED) is 0.721. The summed E-state index contributed by atoms with van der Waals surface area (Å²) in [7, 11) is 3.71. The molecule has 1 unspecified atom stereocenters. The van der Waals surface area contributed by atoms with Crippen LogP contribution in [0, 0.1) is 17.2 Å². The maximum atomic E-state index is 8.48. The van der Waals surface area contributed by atoms with Gasteiger partial charge in [-0.2, -0.15) is 10.2 Å². The van der Waals surface area contributed by atoms with Crippen LogP contribution in [0.3, 0.4) is 0 Å². The van der Waals surface area contributed by atoms with Crippen molar-refractivity contribution in [3.8, 4) is 6.07 Å². The second-order valence-corrected chi connectivity index (χ2v) is 3.55. The first kappa shape index (κ1) is 10.5. The molecule has 0 aliphatic carbocycles. The molecule has 0 aliphatic heterocycles. The Morgan fingerprint density at radius 1 is 1.57 bits per heavy atom. The molecule has 0 aromatic carbocycles. The normalized spacial score (nSPS) is 12.1. The van der Waals surface area contributed by atoms with Gasteiger partial charge in [-0.25, -0.2) is 0 Å². The summed E-state index contributed by atoms with van der Waals surface area (Å²) in [4.78, 5) is 5.95. The van der Waals surface area contributed by atoms with Crippen molar-refractivity contribution in [2.75, 3.05) is 19.0 Å². The Hall–Kier alpha value is -1.57. The minimum atomic E-state index is 0.260. The van der Waals surface area contributed by atoms with Crippen LogP contribution in [0.25, 0.3) is 0 Å². The topological polar surface area (TPSA) is 66.0 Å². The van der Waals surface area contributed by atoms with Crippen LogP contribution in [0.5, 0.6) is 0 Å². The largest absolute Gasteiger partial charge is 0.344 e. The van der Waals surface area contributed by atoms with E-state index in [0.29, 0.717) is 24.7 Å². The summed E-state index contributed by atoms with van der Waals surface area (Å²) in [6, 6.07) is 2.12. The van der Waals surface area contributed by atoms with E-state index < -0.39 is 0 Å². The number of aromatic nitrogens is 2. The average molecular weight is 194 g/mol.